The second-order valence-corrected chi connectivity index (χ2v) is 8.09. The van der Waals surface area contributed by atoms with Crippen LogP contribution in [0.5, 0.6) is 0 Å². The molecule has 0 aliphatic heterocycles. The Morgan fingerprint density at radius 3 is 2.35 bits per heavy atom. The third-order valence-electron chi connectivity index (χ3n) is 2.67. The van der Waals surface area contributed by atoms with Gasteiger partial charge in [-0.15, -0.1) is 11.3 Å². The third kappa shape index (κ3) is 5.59. The zero-order valence-electron chi connectivity index (χ0n) is 13.6. The van der Waals surface area contributed by atoms with E-state index in [9.17, 15) is 4.79 Å². The van der Waals surface area contributed by atoms with E-state index in [1.165, 1.54) is 0 Å². The first kappa shape index (κ1) is 17.1. The Hall–Kier alpha value is -0.940. The van der Waals surface area contributed by atoms with Crippen molar-refractivity contribution in [3.63, 3.8) is 0 Å². The van der Waals surface area contributed by atoms with Gasteiger partial charge in [0.15, 0.2) is 0 Å². The zero-order chi connectivity index (χ0) is 15.6. The number of nitrogens with one attached hydrogen (secondary N) is 2. The van der Waals surface area contributed by atoms with Gasteiger partial charge in [0.1, 0.15) is 0 Å². The van der Waals surface area contributed by atoms with Gasteiger partial charge in [0.25, 0.3) is 0 Å². The SMILES string of the molecule is CC(NCc1csc(C(C)(C)C)n1)C(=O)NC(C)(C)C. The van der Waals surface area contributed by atoms with Gasteiger partial charge < -0.3 is 10.6 Å². The zero-order valence-corrected chi connectivity index (χ0v) is 14.4. The molecule has 1 amide bonds. The summed E-state index contributed by atoms with van der Waals surface area (Å²) in [5, 5.41) is 9.37. The van der Waals surface area contributed by atoms with Crippen molar-refractivity contribution in [2.45, 2.75) is 72.0 Å². The minimum atomic E-state index is -0.228. The van der Waals surface area contributed by atoms with Crippen LogP contribution in [0.1, 0.15) is 59.2 Å². The number of nitrogens with zero attached hydrogens (tertiary/aromatic N) is 1. The fraction of sp³-hybridized carbons (Fsp3) is 0.733. The van der Waals surface area contributed by atoms with E-state index >= 15 is 0 Å². The monoisotopic (exact) mass is 297 g/mol. The molecule has 5 heteroatoms. The van der Waals surface area contributed by atoms with Gasteiger partial charge in [-0.3, -0.25) is 4.79 Å². The fourth-order valence-corrected chi connectivity index (χ4v) is 2.47. The quantitative estimate of drug-likeness (QED) is 0.898. The van der Waals surface area contributed by atoms with E-state index in [0.717, 1.165) is 10.7 Å². The van der Waals surface area contributed by atoms with Crippen molar-refractivity contribution >= 4 is 17.2 Å². The van der Waals surface area contributed by atoms with Crippen LogP contribution in [0.2, 0.25) is 0 Å². The standard InChI is InChI=1S/C15H27N3OS/c1-10(12(19)18-15(5,6)7)16-8-11-9-20-13(17-11)14(2,3)4/h9-10,16H,8H2,1-7H3,(H,18,19). The molecule has 0 radical (unpaired) electrons. The maximum Gasteiger partial charge on any atom is 0.237 e. The molecule has 0 spiro atoms. The third-order valence-corrected chi connectivity index (χ3v) is 3.99. The average molecular weight is 297 g/mol. The predicted octanol–water partition coefficient (Wildman–Crippen LogP) is 2.83. The molecule has 1 aromatic heterocycles. The van der Waals surface area contributed by atoms with Crippen LogP contribution in [-0.2, 0) is 16.8 Å². The van der Waals surface area contributed by atoms with Crippen molar-refractivity contribution in [2.75, 3.05) is 0 Å². The molecule has 1 unspecified atom stereocenters. The summed E-state index contributed by atoms with van der Waals surface area (Å²) < 4.78 is 0. The molecular weight excluding hydrogens is 270 g/mol. The smallest absolute Gasteiger partial charge is 0.237 e. The summed E-state index contributed by atoms with van der Waals surface area (Å²) in [6.07, 6.45) is 0. The molecule has 0 bridgehead atoms. The minimum absolute atomic E-state index is 0.0174. The molecule has 114 valence electrons. The minimum Gasteiger partial charge on any atom is -0.350 e. The highest BCUT2D eigenvalue weighted by Crippen LogP contribution is 2.25. The van der Waals surface area contributed by atoms with Gasteiger partial charge in [0, 0.05) is 22.9 Å². The molecule has 0 aromatic carbocycles. The van der Waals surface area contributed by atoms with E-state index < -0.39 is 0 Å². The van der Waals surface area contributed by atoms with Gasteiger partial charge in [0.05, 0.1) is 16.7 Å². The number of thiazole rings is 1. The fourth-order valence-electron chi connectivity index (χ4n) is 1.56. The molecule has 4 nitrogen and oxygen atoms in total. The lowest BCUT2D eigenvalue weighted by molar-refractivity contribution is -0.124. The first-order valence-corrected chi connectivity index (χ1v) is 7.87. The van der Waals surface area contributed by atoms with Gasteiger partial charge >= 0.3 is 0 Å². The summed E-state index contributed by atoms with van der Waals surface area (Å²) in [5.74, 6) is 0.0174. The molecule has 1 heterocycles. The van der Waals surface area contributed by atoms with Crippen molar-refractivity contribution in [3.8, 4) is 0 Å². The van der Waals surface area contributed by atoms with Crippen LogP contribution in [0.3, 0.4) is 0 Å². The summed E-state index contributed by atoms with van der Waals surface area (Å²) in [7, 11) is 0. The molecule has 1 rings (SSSR count). The summed E-state index contributed by atoms with van der Waals surface area (Å²) >= 11 is 1.67. The summed E-state index contributed by atoms with van der Waals surface area (Å²) in [4.78, 5) is 16.6. The van der Waals surface area contributed by atoms with E-state index in [1.807, 2.05) is 27.7 Å². The van der Waals surface area contributed by atoms with Gasteiger partial charge in [-0.1, -0.05) is 20.8 Å². The van der Waals surface area contributed by atoms with E-state index in [-0.39, 0.29) is 22.9 Å². The molecule has 2 N–H and O–H groups in total. The average Bonchev–Trinajstić information content (AvgIpc) is 2.71. The molecule has 0 aliphatic carbocycles. The largest absolute Gasteiger partial charge is 0.350 e. The van der Waals surface area contributed by atoms with E-state index in [4.69, 9.17) is 0 Å². The van der Waals surface area contributed by atoms with Crippen LogP contribution in [0.4, 0.5) is 0 Å². The number of hydrogen-bond donors (Lipinski definition) is 2. The second kappa shape index (κ2) is 6.22. The van der Waals surface area contributed by atoms with Crippen molar-refractivity contribution in [2.24, 2.45) is 0 Å². The Morgan fingerprint density at radius 2 is 1.90 bits per heavy atom. The lowest BCUT2D eigenvalue weighted by Crippen LogP contribution is -2.49. The van der Waals surface area contributed by atoms with Crippen molar-refractivity contribution in [3.05, 3.63) is 16.1 Å². The number of carbonyl (C=O) groups is 1. The molecule has 0 aliphatic rings. The topological polar surface area (TPSA) is 54.0 Å². The van der Waals surface area contributed by atoms with Crippen LogP contribution in [-0.4, -0.2) is 22.5 Å². The highest BCUT2D eigenvalue weighted by atomic mass is 32.1. The molecule has 0 fully saturated rings. The number of aromatic nitrogens is 1. The summed E-state index contributed by atoms with van der Waals surface area (Å²) in [5.41, 5.74) is 0.876. The highest BCUT2D eigenvalue weighted by molar-refractivity contribution is 7.09. The van der Waals surface area contributed by atoms with Crippen LogP contribution in [0.15, 0.2) is 5.38 Å². The lowest BCUT2D eigenvalue weighted by atomic mass is 9.98. The van der Waals surface area contributed by atoms with Crippen molar-refractivity contribution in [1.82, 2.24) is 15.6 Å². The Labute approximate surface area is 126 Å². The first-order chi connectivity index (χ1) is 8.99. The molecule has 20 heavy (non-hydrogen) atoms. The Kier molecular flexibility index (Phi) is 5.33. The molecule has 1 aromatic rings. The predicted molar refractivity (Wildman–Crippen MR) is 85.0 cm³/mol. The van der Waals surface area contributed by atoms with Gasteiger partial charge in [0.2, 0.25) is 5.91 Å². The maximum absolute atomic E-state index is 12.0. The number of rotatable bonds is 4. The molecule has 0 saturated heterocycles. The maximum atomic E-state index is 12.0. The Morgan fingerprint density at radius 1 is 1.30 bits per heavy atom. The molecular formula is C15H27N3OS. The van der Waals surface area contributed by atoms with Gasteiger partial charge in [-0.2, -0.15) is 0 Å². The van der Waals surface area contributed by atoms with Gasteiger partial charge in [-0.25, -0.2) is 4.98 Å². The van der Waals surface area contributed by atoms with Crippen LogP contribution >= 0.6 is 11.3 Å². The summed E-state index contributed by atoms with van der Waals surface area (Å²) in [6, 6.07) is -0.228. The van der Waals surface area contributed by atoms with Crippen LogP contribution in [0.25, 0.3) is 0 Å². The van der Waals surface area contributed by atoms with Crippen molar-refractivity contribution < 1.29 is 4.79 Å². The summed E-state index contributed by atoms with van der Waals surface area (Å²) in [6.45, 7) is 14.9. The van der Waals surface area contributed by atoms with Gasteiger partial charge in [-0.05, 0) is 27.7 Å². The van der Waals surface area contributed by atoms with Crippen LogP contribution < -0.4 is 10.6 Å². The Balaban J connectivity index is 2.51. The van der Waals surface area contributed by atoms with Crippen molar-refractivity contribution in [1.29, 1.82) is 0 Å². The highest BCUT2D eigenvalue weighted by Gasteiger charge is 2.20. The normalized spacial score (nSPS) is 14.2. The second-order valence-electron chi connectivity index (χ2n) is 7.24. The molecule has 1 atom stereocenters. The van der Waals surface area contributed by atoms with E-state index in [2.05, 4.69) is 41.8 Å². The van der Waals surface area contributed by atoms with E-state index in [0.29, 0.717) is 6.54 Å². The number of amides is 1. The van der Waals surface area contributed by atoms with E-state index in [1.54, 1.807) is 11.3 Å². The number of hydrogen-bond acceptors (Lipinski definition) is 4. The first-order valence-electron chi connectivity index (χ1n) is 6.99. The Bertz CT molecular complexity index is 454. The number of carbonyl (C=O) groups excluding carboxylic acids is 1. The van der Waals surface area contributed by atoms with Crippen LogP contribution in [0, 0.1) is 0 Å². The lowest BCUT2D eigenvalue weighted by Gasteiger charge is -2.23. The molecule has 0 saturated carbocycles.